The lowest BCUT2D eigenvalue weighted by Crippen LogP contribution is -2.00. The topological polar surface area (TPSA) is 26.3 Å². The van der Waals surface area contributed by atoms with Crippen molar-refractivity contribution in [3.05, 3.63) is 41.5 Å². The summed E-state index contributed by atoms with van der Waals surface area (Å²) in [6.45, 7) is 3.70. The maximum Gasteiger partial charge on any atom is 0.167 e. The lowest BCUT2D eigenvalue weighted by molar-refractivity contribution is 0.0992. The van der Waals surface area contributed by atoms with Crippen LogP contribution in [0.5, 0.6) is 5.75 Å². The summed E-state index contributed by atoms with van der Waals surface area (Å²) in [5, 5.41) is 0. The highest BCUT2D eigenvalue weighted by Crippen LogP contribution is 2.33. The molecule has 0 amide bonds. The van der Waals surface area contributed by atoms with E-state index in [4.69, 9.17) is 4.74 Å². The molecule has 2 heteroatoms. The number of carbonyl (C=O) groups is 1. The van der Waals surface area contributed by atoms with Crippen molar-refractivity contribution in [2.75, 3.05) is 7.11 Å². The molecule has 0 saturated heterocycles. The minimum Gasteiger partial charge on any atom is -0.496 e. The van der Waals surface area contributed by atoms with Crippen LogP contribution in [0.25, 0.3) is 0 Å². The van der Waals surface area contributed by atoms with Gasteiger partial charge in [-0.15, -0.1) is 6.58 Å². The zero-order chi connectivity index (χ0) is 10.8. The van der Waals surface area contributed by atoms with Crippen LogP contribution >= 0.6 is 0 Å². The molecule has 0 fully saturated rings. The highest BCUT2D eigenvalue weighted by atomic mass is 16.5. The fourth-order valence-corrected chi connectivity index (χ4v) is 2.10. The standard InChI is InChI=1S/C13H14O2/c1-3-4-10-6-5-9-7-8-11(14)12(9)13(10)15-2/h3,5-6H,1,4,7-8H2,2H3. The van der Waals surface area contributed by atoms with Gasteiger partial charge in [0.25, 0.3) is 0 Å². The summed E-state index contributed by atoms with van der Waals surface area (Å²) < 4.78 is 5.34. The van der Waals surface area contributed by atoms with E-state index in [-0.39, 0.29) is 5.78 Å². The summed E-state index contributed by atoms with van der Waals surface area (Å²) in [6, 6.07) is 4.06. The van der Waals surface area contributed by atoms with Gasteiger partial charge in [0.2, 0.25) is 0 Å². The summed E-state index contributed by atoms with van der Waals surface area (Å²) >= 11 is 0. The number of methoxy groups -OCH3 is 1. The van der Waals surface area contributed by atoms with Gasteiger partial charge in [-0.05, 0) is 24.0 Å². The molecule has 1 aliphatic rings. The first-order valence-electron chi connectivity index (χ1n) is 5.10. The van der Waals surface area contributed by atoms with Gasteiger partial charge in [0, 0.05) is 6.42 Å². The van der Waals surface area contributed by atoms with E-state index in [0.717, 1.165) is 35.3 Å². The summed E-state index contributed by atoms with van der Waals surface area (Å²) in [5.41, 5.74) is 2.95. The summed E-state index contributed by atoms with van der Waals surface area (Å²) in [7, 11) is 1.62. The normalized spacial score (nSPS) is 13.8. The molecule has 0 N–H and O–H groups in total. The van der Waals surface area contributed by atoms with Crippen molar-refractivity contribution in [2.24, 2.45) is 0 Å². The van der Waals surface area contributed by atoms with Gasteiger partial charge in [-0.25, -0.2) is 0 Å². The Kier molecular flexibility index (Phi) is 2.58. The van der Waals surface area contributed by atoms with Crippen LogP contribution in [0.15, 0.2) is 24.8 Å². The summed E-state index contributed by atoms with van der Waals surface area (Å²) in [4.78, 5) is 11.7. The Balaban J connectivity index is 2.57. The fraction of sp³-hybridized carbons (Fsp3) is 0.308. The van der Waals surface area contributed by atoms with Crippen LogP contribution in [-0.4, -0.2) is 12.9 Å². The van der Waals surface area contributed by atoms with E-state index >= 15 is 0 Å². The average Bonchev–Trinajstić information content (AvgIpc) is 2.61. The predicted octanol–water partition coefficient (Wildman–Crippen LogP) is 2.55. The highest BCUT2D eigenvalue weighted by molar-refractivity contribution is 6.03. The first-order chi connectivity index (χ1) is 7.27. The van der Waals surface area contributed by atoms with E-state index in [9.17, 15) is 4.79 Å². The van der Waals surface area contributed by atoms with Crippen LogP contribution in [0.4, 0.5) is 0 Å². The van der Waals surface area contributed by atoms with Crippen LogP contribution in [0, 0.1) is 0 Å². The van der Waals surface area contributed by atoms with Crippen molar-refractivity contribution in [3.8, 4) is 5.75 Å². The third-order valence-corrected chi connectivity index (χ3v) is 2.79. The Hall–Kier alpha value is -1.57. The molecule has 78 valence electrons. The number of Topliss-reactive ketones (excluding diaryl/α,β-unsaturated/α-hetero) is 1. The molecule has 1 aromatic rings. The second-order valence-electron chi connectivity index (χ2n) is 3.71. The smallest absolute Gasteiger partial charge is 0.167 e. The van der Waals surface area contributed by atoms with Crippen molar-refractivity contribution in [1.82, 2.24) is 0 Å². The predicted molar refractivity (Wildman–Crippen MR) is 59.5 cm³/mol. The van der Waals surface area contributed by atoms with Gasteiger partial charge in [-0.3, -0.25) is 4.79 Å². The number of hydrogen-bond acceptors (Lipinski definition) is 2. The maximum absolute atomic E-state index is 11.7. The third kappa shape index (κ3) is 1.56. The molecule has 0 bridgehead atoms. The van der Waals surface area contributed by atoms with E-state index in [1.807, 2.05) is 18.2 Å². The Morgan fingerprint density at radius 1 is 1.47 bits per heavy atom. The number of allylic oxidation sites excluding steroid dienone is 1. The molecule has 0 saturated carbocycles. The maximum atomic E-state index is 11.7. The molecule has 0 radical (unpaired) electrons. The van der Waals surface area contributed by atoms with Crippen molar-refractivity contribution in [2.45, 2.75) is 19.3 Å². The fourth-order valence-electron chi connectivity index (χ4n) is 2.10. The molecule has 15 heavy (non-hydrogen) atoms. The molecule has 0 heterocycles. The van der Waals surface area contributed by atoms with Crippen LogP contribution in [-0.2, 0) is 12.8 Å². The highest BCUT2D eigenvalue weighted by Gasteiger charge is 2.25. The van der Waals surface area contributed by atoms with E-state index < -0.39 is 0 Å². The second-order valence-corrected chi connectivity index (χ2v) is 3.71. The Labute approximate surface area is 89.6 Å². The van der Waals surface area contributed by atoms with Crippen LogP contribution in [0.2, 0.25) is 0 Å². The largest absolute Gasteiger partial charge is 0.496 e. The van der Waals surface area contributed by atoms with E-state index in [1.165, 1.54) is 0 Å². The summed E-state index contributed by atoms with van der Waals surface area (Å²) in [5.74, 6) is 0.947. The van der Waals surface area contributed by atoms with Gasteiger partial charge in [0.05, 0.1) is 12.7 Å². The average molecular weight is 202 g/mol. The van der Waals surface area contributed by atoms with Gasteiger partial charge in [-0.1, -0.05) is 18.2 Å². The van der Waals surface area contributed by atoms with Crippen molar-refractivity contribution < 1.29 is 9.53 Å². The molecule has 0 spiro atoms. The minimum absolute atomic E-state index is 0.202. The van der Waals surface area contributed by atoms with Gasteiger partial charge in [-0.2, -0.15) is 0 Å². The number of ether oxygens (including phenoxy) is 1. The monoisotopic (exact) mass is 202 g/mol. The number of hydrogen-bond donors (Lipinski definition) is 0. The van der Waals surface area contributed by atoms with Crippen molar-refractivity contribution in [3.63, 3.8) is 0 Å². The Morgan fingerprint density at radius 2 is 2.27 bits per heavy atom. The molecular weight excluding hydrogens is 188 g/mol. The lowest BCUT2D eigenvalue weighted by Gasteiger charge is -2.11. The van der Waals surface area contributed by atoms with Crippen molar-refractivity contribution in [1.29, 1.82) is 0 Å². The van der Waals surface area contributed by atoms with Gasteiger partial charge in [0.1, 0.15) is 5.75 Å². The van der Waals surface area contributed by atoms with Gasteiger partial charge in [0.15, 0.2) is 5.78 Å². The van der Waals surface area contributed by atoms with Crippen LogP contribution in [0.1, 0.15) is 27.9 Å². The number of rotatable bonds is 3. The molecule has 2 rings (SSSR count). The molecule has 0 atom stereocenters. The number of fused-ring (bicyclic) bond motifs is 1. The SMILES string of the molecule is C=CCc1ccc2c(c1OC)C(=O)CC2. The van der Waals surface area contributed by atoms with Crippen LogP contribution in [0.3, 0.4) is 0 Å². The first-order valence-corrected chi connectivity index (χ1v) is 5.10. The third-order valence-electron chi connectivity index (χ3n) is 2.79. The Bertz CT molecular complexity index is 419. The molecule has 1 aliphatic carbocycles. The molecule has 0 aromatic heterocycles. The minimum atomic E-state index is 0.202. The molecular formula is C13H14O2. The first kappa shape index (κ1) is 9.97. The van der Waals surface area contributed by atoms with E-state index in [2.05, 4.69) is 6.58 Å². The number of aryl methyl sites for hydroxylation is 1. The van der Waals surface area contributed by atoms with Crippen molar-refractivity contribution >= 4 is 5.78 Å². The van der Waals surface area contributed by atoms with Gasteiger partial charge < -0.3 is 4.74 Å². The molecule has 1 aromatic carbocycles. The van der Waals surface area contributed by atoms with Gasteiger partial charge >= 0.3 is 0 Å². The second kappa shape index (κ2) is 3.89. The number of benzene rings is 1. The number of ketones is 1. The quantitative estimate of drug-likeness (QED) is 0.704. The molecule has 2 nitrogen and oxygen atoms in total. The number of carbonyl (C=O) groups excluding carboxylic acids is 1. The zero-order valence-electron chi connectivity index (χ0n) is 8.88. The summed E-state index contributed by atoms with van der Waals surface area (Å²) in [6.07, 6.45) is 4.02. The lowest BCUT2D eigenvalue weighted by atomic mass is 10.0. The Morgan fingerprint density at radius 3 is 2.93 bits per heavy atom. The van der Waals surface area contributed by atoms with E-state index in [0.29, 0.717) is 6.42 Å². The molecule has 0 aliphatic heterocycles. The van der Waals surface area contributed by atoms with E-state index in [1.54, 1.807) is 7.11 Å². The molecule has 0 unspecified atom stereocenters. The zero-order valence-corrected chi connectivity index (χ0v) is 8.88. The van der Waals surface area contributed by atoms with Crippen LogP contribution < -0.4 is 4.74 Å².